The van der Waals surface area contributed by atoms with Gasteiger partial charge in [-0.05, 0) is 17.7 Å². The largest absolute Gasteiger partial charge is 0.507 e. The molecule has 1 atom stereocenters. The quantitative estimate of drug-likeness (QED) is 0.232. The van der Waals surface area contributed by atoms with Crippen molar-refractivity contribution in [1.29, 1.82) is 0 Å². The smallest absolute Gasteiger partial charge is 0.300 e. The Kier molecular flexibility index (Phi) is 4.85. The van der Waals surface area contributed by atoms with Gasteiger partial charge in [-0.25, -0.2) is 0 Å². The first kappa shape index (κ1) is 19.1. The molecule has 1 aliphatic rings. The van der Waals surface area contributed by atoms with E-state index in [0.29, 0.717) is 16.8 Å². The summed E-state index contributed by atoms with van der Waals surface area (Å²) in [6.45, 7) is 0. The number of hydrogen-bond acceptors (Lipinski definition) is 5. The van der Waals surface area contributed by atoms with Crippen LogP contribution in [0.1, 0.15) is 17.2 Å². The number of benzene rings is 3. The Morgan fingerprint density at radius 1 is 0.900 bits per heavy atom. The molecule has 1 N–H and O–H groups in total. The van der Waals surface area contributed by atoms with E-state index in [1.165, 1.54) is 23.1 Å². The molecule has 0 saturated carbocycles. The minimum atomic E-state index is -1.01. The summed E-state index contributed by atoms with van der Waals surface area (Å²) >= 11 is 0. The normalized spacial score (nSPS) is 17.9. The summed E-state index contributed by atoms with van der Waals surface area (Å²) in [6.07, 6.45) is 0. The summed E-state index contributed by atoms with van der Waals surface area (Å²) in [5.74, 6) is -1.99. The van der Waals surface area contributed by atoms with Crippen molar-refractivity contribution in [2.24, 2.45) is 0 Å². The number of rotatable bonds is 4. The zero-order valence-electron chi connectivity index (χ0n) is 15.6. The molecule has 7 heteroatoms. The number of anilines is 1. The maximum atomic E-state index is 13.0. The molecule has 7 nitrogen and oxygen atoms in total. The molecule has 3 aromatic carbocycles. The monoisotopic (exact) mass is 400 g/mol. The average Bonchev–Trinajstić information content (AvgIpc) is 3.05. The molecule has 0 bridgehead atoms. The number of nitro groups is 1. The Hall–Kier alpha value is -4.26. The van der Waals surface area contributed by atoms with Crippen LogP contribution in [0.25, 0.3) is 5.76 Å². The molecule has 1 unspecified atom stereocenters. The molecule has 4 rings (SSSR count). The molecule has 0 aliphatic carbocycles. The number of nitro benzene ring substituents is 1. The van der Waals surface area contributed by atoms with Gasteiger partial charge in [0.15, 0.2) is 0 Å². The number of aliphatic hydroxyl groups excluding tert-OH is 1. The van der Waals surface area contributed by atoms with E-state index in [2.05, 4.69) is 0 Å². The number of Topliss-reactive ketones (excluding diaryl/α,β-unsaturated/α-hetero) is 1. The highest BCUT2D eigenvalue weighted by Gasteiger charge is 2.47. The van der Waals surface area contributed by atoms with E-state index in [1.807, 2.05) is 0 Å². The zero-order valence-corrected chi connectivity index (χ0v) is 15.6. The molecule has 0 aromatic heterocycles. The number of ketones is 1. The molecule has 1 heterocycles. The maximum Gasteiger partial charge on any atom is 0.300 e. The van der Waals surface area contributed by atoms with Gasteiger partial charge in [-0.3, -0.25) is 24.6 Å². The first-order valence-electron chi connectivity index (χ1n) is 9.15. The van der Waals surface area contributed by atoms with Crippen LogP contribution in [0.3, 0.4) is 0 Å². The minimum absolute atomic E-state index is 0.115. The predicted octanol–water partition coefficient (Wildman–Crippen LogP) is 4.22. The summed E-state index contributed by atoms with van der Waals surface area (Å²) in [5, 5.41) is 22.2. The highest BCUT2D eigenvalue weighted by atomic mass is 16.6. The van der Waals surface area contributed by atoms with Gasteiger partial charge in [-0.15, -0.1) is 0 Å². The molecule has 0 radical (unpaired) electrons. The number of non-ortho nitro benzene ring substituents is 1. The van der Waals surface area contributed by atoms with Gasteiger partial charge in [0.2, 0.25) is 0 Å². The number of hydrogen-bond donors (Lipinski definition) is 1. The molecular weight excluding hydrogens is 384 g/mol. The second-order valence-corrected chi connectivity index (χ2v) is 6.72. The molecule has 1 aliphatic heterocycles. The summed E-state index contributed by atoms with van der Waals surface area (Å²) in [5.41, 5.74) is 0.883. The van der Waals surface area contributed by atoms with Crippen molar-refractivity contribution >= 4 is 28.8 Å². The first-order chi connectivity index (χ1) is 14.5. The molecule has 1 fully saturated rings. The van der Waals surface area contributed by atoms with Crippen LogP contribution in [0.15, 0.2) is 90.5 Å². The second-order valence-electron chi connectivity index (χ2n) is 6.72. The maximum absolute atomic E-state index is 13.0. The summed E-state index contributed by atoms with van der Waals surface area (Å²) in [7, 11) is 0. The van der Waals surface area contributed by atoms with E-state index < -0.39 is 22.7 Å². The molecule has 3 aromatic rings. The molecule has 30 heavy (non-hydrogen) atoms. The van der Waals surface area contributed by atoms with Gasteiger partial charge in [0, 0.05) is 23.4 Å². The first-order valence-corrected chi connectivity index (χ1v) is 9.15. The minimum Gasteiger partial charge on any atom is -0.507 e. The lowest BCUT2D eigenvalue weighted by Crippen LogP contribution is -2.29. The number of carbonyl (C=O) groups is 2. The highest BCUT2D eigenvalue weighted by Crippen LogP contribution is 2.42. The second kappa shape index (κ2) is 7.63. The van der Waals surface area contributed by atoms with Gasteiger partial charge in [0.1, 0.15) is 5.76 Å². The van der Waals surface area contributed by atoms with Gasteiger partial charge in [0.05, 0.1) is 16.5 Å². The van der Waals surface area contributed by atoms with E-state index in [-0.39, 0.29) is 17.0 Å². The van der Waals surface area contributed by atoms with E-state index in [9.17, 15) is 24.8 Å². The van der Waals surface area contributed by atoms with E-state index in [0.717, 1.165) is 0 Å². The fourth-order valence-electron chi connectivity index (χ4n) is 3.56. The highest BCUT2D eigenvalue weighted by molar-refractivity contribution is 6.51. The van der Waals surface area contributed by atoms with E-state index in [1.54, 1.807) is 66.7 Å². The van der Waals surface area contributed by atoms with Gasteiger partial charge in [-0.1, -0.05) is 60.7 Å². The van der Waals surface area contributed by atoms with Crippen LogP contribution in [0.4, 0.5) is 11.4 Å². The Labute approximate surface area is 171 Å². The van der Waals surface area contributed by atoms with Crippen LogP contribution in [0.2, 0.25) is 0 Å². The van der Waals surface area contributed by atoms with Gasteiger partial charge < -0.3 is 5.11 Å². The topological polar surface area (TPSA) is 101 Å². The number of amides is 1. The van der Waals surface area contributed by atoms with Gasteiger partial charge >= 0.3 is 0 Å². The van der Waals surface area contributed by atoms with E-state index in [4.69, 9.17) is 0 Å². The van der Waals surface area contributed by atoms with Crippen LogP contribution in [0, 0.1) is 10.1 Å². The molecule has 148 valence electrons. The summed E-state index contributed by atoms with van der Waals surface area (Å²) in [6, 6.07) is 21.7. The van der Waals surface area contributed by atoms with Crippen LogP contribution in [0.5, 0.6) is 0 Å². The number of nitrogens with zero attached hydrogens (tertiary/aromatic N) is 2. The van der Waals surface area contributed by atoms with Crippen LogP contribution >= 0.6 is 0 Å². The van der Waals surface area contributed by atoms with Crippen molar-refractivity contribution in [3.05, 3.63) is 112 Å². The van der Waals surface area contributed by atoms with Crippen molar-refractivity contribution in [3.8, 4) is 0 Å². The Balaban J connectivity index is 1.97. The summed E-state index contributed by atoms with van der Waals surface area (Å²) in [4.78, 5) is 37.9. The van der Waals surface area contributed by atoms with Crippen LogP contribution in [-0.4, -0.2) is 21.7 Å². The number of aliphatic hydroxyl groups is 1. The SMILES string of the molecule is O=C1C(=O)N(c2ccccc2)C(c2cccc([N+](=O)[O-])c2)/C1=C(\O)c1ccccc1. The molecule has 1 amide bonds. The molecular formula is C23H16N2O5. The van der Waals surface area contributed by atoms with E-state index >= 15 is 0 Å². The molecule has 0 spiro atoms. The lowest BCUT2D eigenvalue weighted by molar-refractivity contribution is -0.384. The third-order valence-electron chi connectivity index (χ3n) is 4.92. The lowest BCUT2D eigenvalue weighted by atomic mass is 9.95. The fraction of sp³-hybridized carbons (Fsp3) is 0.0435. The van der Waals surface area contributed by atoms with Crippen LogP contribution in [-0.2, 0) is 9.59 Å². The summed E-state index contributed by atoms with van der Waals surface area (Å²) < 4.78 is 0. The van der Waals surface area contributed by atoms with Gasteiger partial charge in [0.25, 0.3) is 17.4 Å². The third kappa shape index (κ3) is 3.22. The van der Waals surface area contributed by atoms with Gasteiger partial charge in [-0.2, -0.15) is 0 Å². The van der Waals surface area contributed by atoms with Crippen molar-refractivity contribution in [1.82, 2.24) is 0 Å². The van der Waals surface area contributed by atoms with Crippen LogP contribution < -0.4 is 4.90 Å². The molecule has 1 saturated heterocycles. The number of para-hydroxylation sites is 1. The Bertz CT molecular complexity index is 1170. The third-order valence-corrected chi connectivity index (χ3v) is 4.92. The Morgan fingerprint density at radius 2 is 1.53 bits per heavy atom. The van der Waals surface area contributed by atoms with Crippen molar-refractivity contribution in [3.63, 3.8) is 0 Å². The number of carbonyl (C=O) groups excluding carboxylic acids is 2. The van der Waals surface area contributed by atoms with Crippen molar-refractivity contribution in [2.75, 3.05) is 4.90 Å². The van der Waals surface area contributed by atoms with Crippen molar-refractivity contribution in [2.45, 2.75) is 6.04 Å². The Morgan fingerprint density at radius 3 is 2.17 bits per heavy atom. The fourth-order valence-corrected chi connectivity index (χ4v) is 3.56. The standard InChI is InChI=1S/C23H16N2O5/c26-21(15-8-3-1-4-9-15)19-20(16-10-7-13-18(14-16)25(29)30)24(23(28)22(19)27)17-11-5-2-6-12-17/h1-14,20,26H/b21-19+. The van der Waals surface area contributed by atoms with Crippen molar-refractivity contribution < 1.29 is 19.6 Å². The predicted molar refractivity (Wildman–Crippen MR) is 111 cm³/mol. The zero-order chi connectivity index (χ0) is 21.3. The lowest BCUT2D eigenvalue weighted by Gasteiger charge is -2.25. The average molecular weight is 400 g/mol.